The topological polar surface area (TPSA) is 77.6 Å². The van der Waals surface area contributed by atoms with Crippen LogP contribution < -0.4 is 11.3 Å². The summed E-state index contributed by atoms with van der Waals surface area (Å²) in [5.41, 5.74) is 6.58. The molecule has 1 aromatic rings. The Bertz CT molecular complexity index is 487. The van der Waals surface area contributed by atoms with Crippen molar-refractivity contribution in [3.05, 3.63) is 17.8 Å². The Morgan fingerprint density at radius 1 is 1.30 bits per heavy atom. The van der Waals surface area contributed by atoms with Crippen LogP contribution in [0.25, 0.3) is 0 Å². The molecule has 3 N–H and O–H groups in total. The van der Waals surface area contributed by atoms with Gasteiger partial charge in [-0.1, -0.05) is 0 Å². The molecular weight excluding hydrogens is 255 g/mol. The van der Waals surface area contributed by atoms with E-state index in [4.69, 9.17) is 15.0 Å². The van der Waals surface area contributed by atoms with Gasteiger partial charge in [0.2, 0.25) is 0 Å². The predicted molar refractivity (Wildman–Crippen MR) is 79.0 cm³/mol. The summed E-state index contributed by atoms with van der Waals surface area (Å²) < 4.78 is 12.0. The standard InChI is InChI=1S/C14H23BN2O3/c1-9(16)6-10-7-11(18)8-17-12(10)15-19-13(2,3)14(4,5)20-15/h7-9,18H,6,16H2,1-5H3. The second-order valence-electron chi connectivity index (χ2n) is 6.51. The molecule has 0 saturated carbocycles. The Kier molecular flexibility index (Phi) is 3.84. The third-order valence-corrected chi connectivity index (χ3v) is 4.01. The lowest BCUT2D eigenvalue weighted by molar-refractivity contribution is 0.00578. The normalized spacial score (nSPS) is 22.0. The Balaban J connectivity index is 2.34. The van der Waals surface area contributed by atoms with Crippen LogP contribution in [0.15, 0.2) is 12.3 Å². The van der Waals surface area contributed by atoms with Crippen LogP contribution in [0.5, 0.6) is 5.75 Å². The fourth-order valence-electron chi connectivity index (χ4n) is 2.19. The first kappa shape index (κ1) is 15.3. The first-order valence-corrected chi connectivity index (χ1v) is 6.91. The van der Waals surface area contributed by atoms with Gasteiger partial charge >= 0.3 is 7.12 Å². The number of pyridine rings is 1. The van der Waals surface area contributed by atoms with Crippen LogP contribution in [0.4, 0.5) is 0 Å². The van der Waals surface area contributed by atoms with Gasteiger partial charge in [0, 0.05) is 6.04 Å². The van der Waals surface area contributed by atoms with Gasteiger partial charge in [0.25, 0.3) is 0 Å². The molecule has 1 aliphatic rings. The van der Waals surface area contributed by atoms with Crippen molar-refractivity contribution in [3.8, 4) is 5.75 Å². The van der Waals surface area contributed by atoms with Crippen molar-refractivity contribution in [2.24, 2.45) is 5.73 Å². The maximum atomic E-state index is 9.61. The summed E-state index contributed by atoms with van der Waals surface area (Å²) in [7, 11) is -0.533. The van der Waals surface area contributed by atoms with E-state index in [0.29, 0.717) is 12.0 Å². The first-order valence-electron chi connectivity index (χ1n) is 6.91. The molecule has 1 unspecified atom stereocenters. The molecule has 1 aliphatic heterocycles. The fourth-order valence-corrected chi connectivity index (χ4v) is 2.19. The van der Waals surface area contributed by atoms with Crippen LogP contribution in [0.2, 0.25) is 0 Å². The van der Waals surface area contributed by atoms with E-state index in [1.807, 2.05) is 34.6 Å². The van der Waals surface area contributed by atoms with Gasteiger partial charge in [-0.2, -0.15) is 0 Å². The molecule has 1 atom stereocenters. The SMILES string of the molecule is CC(N)Cc1cc(O)cnc1B1OC(C)(C)C(C)(C)O1. The van der Waals surface area contributed by atoms with Gasteiger partial charge in [-0.3, -0.25) is 4.98 Å². The molecule has 0 spiro atoms. The molecule has 1 aromatic heterocycles. The number of nitrogens with two attached hydrogens (primary N) is 1. The van der Waals surface area contributed by atoms with Crippen LogP contribution in [-0.2, 0) is 15.7 Å². The van der Waals surface area contributed by atoms with Crippen molar-refractivity contribution in [2.45, 2.75) is 58.3 Å². The molecule has 0 aromatic carbocycles. The zero-order valence-corrected chi connectivity index (χ0v) is 12.8. The van der Waals surface area contributed by atoms with Crippen molar-refractivity contribution >= 4 is 12.7 Å². The van der Waals surface area contributed by atoms with Gasteiger partial charge < -0.3 is 20.1 Å². The summed E-state index contributed by atoms with van der Waals surface area (Å²) >= 11 is 0. The second-order valence-corrected chi connectivity index (χ2v) is 6.51. The summed E-state index contributed by atoms with van der Waals surface area (Å²) in [5, 5.41) is 9.61. The summed E-state index contributed by atoms with van der Waals surface area (Å²) in [4.78, 5) is 4.29. The molecule has 1 saturated heterocycles. The number of hydrogen-bond acceptors (Lipinski definition) is 5. The number of aromatic nitrogens is 1. The van der Waals surface area contributed by atoms with E-state index in [0.717, 1.165) is 5.56 Å². The predicted octanol–water partition coefficient (Wildman–Crippen LogP) is 0.976. The summed E-state index contributed by atoms with van der Waals surface area (Å²) in [6.07, 6.45) is 2.02. The van der Waals surface area contributed by atoms with Gasteiger partial charge in [0.1, 0.15) is 5.75 Å². The van der Waals surface area contributed by atoms with E-state index >= 15 is 0 Å². The lowest BCUT2D eigenvalue weighted by Gasteiger charge is -2.32. The Morgan fingerprint density at radius 3 is 2.35 bits per heavy atom. The van der Waals surface area contributed by atoms with E-state index < -0.39 is 18.3 Å². The van der Waals surface area contributed by atoms with Crippen molar-refractivity contribution < 1.29 is 14.4 Å². The maximum absolute atomic E-state index is 9.61. The largest absolute Gasteiger partial charge is 0.514 e. The maximum Gasteiger partial charge on any atom is 0.514 e. The number of aromatic hydroxyl groups is 1. The minimum absolute atomic E-state index is 0.0280. The minimum atomic E-state index is -0.533. The zero-order valence-electron chi connectivity index (χ0n) is 12.8. The van der Waals surface area contributed by atoms with Gasteiger partial charge in [0.05, 0.1) is 23.0 Å². The highest BCUT2D eigenvalue weighted by molar-refractivity contribution is 6.61. The Morgan fingerprint density at radius 2 is 1.85 bits per heavy atom. The van der Waals surface area contributed by atoms with Crippen LogP contribution in [0.3, 0.4) is 0 Å². The first-order chi connectivity index (χ1) is 9.12. The summed E-state index contributed by atoms with van der Waals surface area (Å²) in [6, 6.07) is 1.65. The Labute approximate surface area is 120 Å². The molecule has 0 bridgehead atoms. The molecular formula is C14H23BN2O3. The molecule has 0 amide bonds. The molecule has 110 valence electrons. The highest BCUT2D eigenvalue weighted by atomic mass is 16.7. The molecule has 0 radical (unpaired) electrons. The fraction of sp³-hybridized carbons (Fsp3) is 0.643. The van der Waals surface area contributed by atoms with Gasteiger partial charge in [-0.25, -0.2) is 0 Å². The van der Waals surface area contributed by atoms with E-state index in [9.17, 15) is 5.11 Å². The quantitative estimate of drug-likeness (QED) is 0.806. The van der Waals surface area contributed by atoms with Crippen molar-refractivity contribution in [1.82, 2.24) is 4.98 Å². The van der Waals surface area contributed by atoms with E-state index in [1.54, 1.807) is 6.07 Å². The lowest BCUT2D eigenvalue weighted by Crippen LogP contribution is -2.41. The zero-order chi connectivity index (χ0) is 15.1. The number of rotatable bonds is 3. The molecule has 5 nitrogen and oxygen atoms in total. The molecule has 2 rings (SSSR count). The Hall–Kier alpha value is -1.11. The minimum Gasteiger partial charge on any atom is -0.506 e. The highest BCUT2D eigenvalue weighted by Crippen LogP contribution is 2.36. The van der Waals surface area contributed by atoms with Gasteiger partial charge in [0.15, 0.2) is 0 Å². The van der Waals surface area contributed by atoms with Crippen LogP contribution in [0, 0.1) is 0 Å². The average Bonchev–Trinajstić information content (AvgIpc) is 2.46. The summed E-state index contributed by atoms with van der Waals surface area (Å²) in [5.74, 6) is 0.126. The smallest absolute Gasteiger partial charge is 0.506 e. The average molecular weight is 278 g/mol. The number of hydrogen-bond donors (Lipinski definition) is 2. The molecule has 0 aliphatic carbocycles. The molecule has 2 heterocycles. The van der Waals surface area contributed by atoms with E-state index in [2.05, 4.69) is 4.98 Å². The lowest BCUT2D eigenvalue weighted by atomic mass is 9.79. The molecule has 1 fully saturated rings. The molecule has 20 heavy (non-hydrogen) atoms. The van der Waals surface area contributed by atoms with Crippen LogP contribution >= 0.6 is 0 Å². The third-order valence-electron chi connectivity index (χ3n) is 4.01. The van der Waals surface area contributed by atoms with Crippen molar-refractivity contribution in [3.63, 3.8) is 0 Å². The highest BCUT2D eigenvalue weighted by Gasteiger charge is 2.52. The number of nitrogens with zero attached hydrogens (tertiary/aromatic N) is 1. The third kappa shape index (κ3) is 2.82. The second kappa shape index (κ2) is 5.02. The molecule has 6 heteroatoms. The van der Waals surface area contributed by atoms with E-state index in [-0.39, 0.29) is 11.8 Å². The monoisotopic (exact) mass is 278 g/mol. The van der Waals surface area contributed by atoms with Crippen molar-refractivity contribution in [2.75, 3.05) is 0 Å². The van der Waals surface area contributed by atoms with Crippen molar-refractivity contribution in [1.29, 1.82) is 0 Å². The van der Waals surface area contributed by atoms with Crippen LogP contribution in [0.1, 0.15) is 40.2 Å². The van der Waals surface area contributed by atoms with Gasteiger partial charge in [-0.15, -0.1) is 0 Å². The van der Waals surface area contributed by atoms with E-state index in [1.165, 1.54) is 6.20 Å². The summed E-state index contributed by atoms with van der Waals surface area (Å²) in [6.45, 7) is 9.91. The van der Waals surface area contributed by atoms with Gasteiger partial charge in [-0.05, 0) is 52.7 Å². The van der Waals surface area contributed by atoms with Crippen LogP contribution in [-0.4, -0.2) is 34.5 Å².